The molecule has 0 spiro atoms. The van der Waals surface area contributed by atoms with Crippen molar-refractivity contribution in [1.82, 2.24) is 0 Å². The number of ketones is 1. The molecule has 1 aromatic carbocycles. The molecule has 0 atom stereocenters. The molecule has 0 unspecified atom stereocenters. The number of phenols is 1. The number of rotatable bonds is 12. The predicted octanol–water partition coefficient (Wildman–Crippen LogP) is 5.12. The number of hydrogen-bond acceptors (Lipinski definition) is 4. The number of unbranched alkanes of at least 4 members (excludes halogenated alkanes) is 5. The zero-order valence-corrected chi connectivity index (χ0v) is 14.7. The van der Waals surface area contributed by atoms with Crippen LogP contribution in [0.5, 0.6) is 17.2 Å². The molecule has 0 aliphatic heterocycles. The van der Waals surface area contributed by atoms with Crippen molar-refractivity contribution in [3.05, 3.63) is 17.7 Å². The molecule has 1 N–H and O–H groups in total. The Morgan fingerprint density at radius 1 is 1.00 bits per heavy atom. The Morgan fingerprint density at radius 3 is 2.35 bits per heavy atom. The van der Waals surface area contributed by atoms with Crippen molar-refractivity contribution in [1.29, 1.82) is 0 Å². The number of phenolic OH excluding ortho intramolecular Hbond substituents is 1. The van der Waals surface area contributed by atoms with Crippen LogP contribution in [0.4, 0.5) is 0 Å². The number of hydrogen-bond donors (Lipinski definition) is 1. The van der Waals surface area contributed by atoms with Gasteiger partial charge in [-0.25, -0.2) is 0 Å². The normalized spacial score (nSPS) is 10.6. The number of benzene rings is 1. The van der Waals surface area contributed by atoms with E-state index < -0.39 is 0 Å². The van der Waals surface area contributed by atoms with Gasteiger partial charge < -0.3 is 14.6 Å². The SMILES string of the molecule is CCCCCCCCOc1cc(O)c(C(=O)CC)c(OCC)c1. The summed E-state index contributed by atoms with van der Waals surface area (Å²) in [7, 11) is 0. The van der Waals surface area contributed by atoms with Crippen LogP contribution >= 0.6 is 0 Å². The number of Topliss-reactive ketones (excluding diaryl/α,β-unsaturated/α-hetero) is 1. The maximum absolute atomic E-state index is 11.9. The first-order valence-electron chi connectivity index (χ1n) is 8.79. The average molecular weight is 322 g/mol. The van der Waals surface area contributed by atoms with Crippen LogP contribution in [0.2, 0.25) is 0 Å². The van der Waals surface area contributed by atoms with Crippen LogP contribution in [0.1, 0.15) is 76.1 Å². The summed E-state index contributed by atoms with van der Waals surface area (Å²) in [6.45, 7) is 6.86. The molecule has 1 rings (SSSR count). The second kappa shape index (κ2) is 10.9. The maximum atomic E-state index is 11.9. The molecule has 4 heteroatoms. The summed E-state index contributed by atoms with van der Waals surface area (Å²) in [5.74, 6) is 0.749. The Labute approximate surface area is 139 Å². The predicted molar refractivity (Wildman–Crippen MR) is 92.8 cm³/mol. The smallest absolute Gasteiger partial charge is 0.170 e. The number of ether oxygens (including phenoxy) is 2. The van der Waals surface area contributed by atoms with Gasteiger partial charge in [0.15, 0.2) is 5.78 Å². The van der Waals surface area contributed by atoms with Crippen LogP contribution in [0.25, 0.3) is 0 Å². The van der Waals surface area contributed by atoms with Crippen LogP contribution in [0.15, 0.2) is 12.1 Å². The highest BCUT2D eigenvalue weighted by atomic mass is 16.5. The lowest BCUT2D eigenvalue weighted by Crippen LogP contribution is -2.05. The van der Waals surface area contributed by atoms with Crippen LogP contribution in [-0.4, -0.2) is 24.1 Å². The van der Waals surface area contributed by atoms with Gasteiger partial charge in [-0.2, -0.15) is 0 Å². The van der Waals surface area contributed by atoms with E-state index in [1.165, 1.54) is 31.7 Å². The van der Waals surface area contributed by atoms with E-state index in [2.05, 4.69) is 6.92 Å². The van der Waals surface area contributed by atoms with Crippen LogP contribution in [-0.2, 0) is 0 Å². The average Bonchev–Trinajstić information content (AvgIpc) is 2.53. The van der Waals surface area contributed by atoms with Crippen LogP contribution in [0.3, 0.4) is 0 Å². The Bertz CT molecular complexity index is 483. The van der Waals surface area contributed by atoms with E-state index in [0.29, 0.717) is 31.1 Å². The molecule has 0 radical (unpaired) electrons. The molecule has 0 saturated heterocycles. The summed E-state index contributed by atoms with van der Waals surface area (Å²) < 4.78 is 11.2. The van der Waals surface area contributed by atoms with E-state index >= 15 is 0 Å². The lowest BCUT2D eigenvalue weighted by molar-refractivity contribution is 0.0981. The molecule has 0 aromatic heterocycles. The molecule has 0 fully saturated rings. The minimum Gasteiger partial charge on any atom is -0.507 e. The summed E-state index contributed by atoms with van der Waals surface area (Å²) in [6, 6.07) is 3.20. The fourth-order valence-corrected chi connectivity index (χ4v) is 2.46. The van der Waals surface area contributed by atoms with Gasteiger partial charge in [0.2, 0.25) is 0 Å². The molecule has 0 amide bonds. The van der Waals surface area contributed by atoms with Gasteiger partial charge in [-0.3, -0.25) is 4.79 Å². The van der Waals surface area contributed by atoms with Crippen molar-refractivity contribution in [3.8, 4) is 17.2 Å². The number of carbonyl (C=O) groups excluding carboxylic acids is 1. The largest absolute Gasteiger partial charge is 0.507 e. The quantitative estimate of drug-likeness (QED) is 0.428. The zero-order chi connectivity index (χ0) is 17.1. The first-order chi connectivity index (χ1) is 11.1. The fraction of sp³-hybridized carbons (Fsp3) is 0.632. The van der Waals surface area contributed by atoms with Crippen molar-refractivity contribution in [2.75, 3.05) is 13.2 Å². The Hall–Kier alpha value is -1.71. The lowest BCUT2D eigenvalue weighted by atomic mass is 10.1. The molecule has 1 aromatic rings. The molecule has 0 bridgehead atoms. The lowest BCUT2D eigenvalue weighted by Gasteiger charge is -2.14. The summed E-state index contributed by atoms with van der Waals surface area (Å²) in [6.07, 6.45) is 7.51. The highest BCUT2D eigenvalue weighted by Crippen LogP contribution is 2.34. The van der Waals surface area contributed by atoms with E-state index in [1.807, 2.05) is 6.92 Å². The summed E-state index contributed by atoms with van der Waals surface area (Å²) in [5, 5.41) is 10.1. The van der Waals surface area contributed by atoms with Gasteiger partial charge in [-0.05, 0) is 13.3 Å². The number of carbonyl (C=O) groups is 1. The Morgan fingerprint density at radius 2 is 1.70 bits per heavy atom. The Balaban J connectivity index is 2.61. The van der Waals surface area contributed by atoms with Crippen molar-refractivity contribution in [2.24, 2.45) is 0 Å². The highest BCUT2D eigenvalue weighted by molar-refractivity contribution is 6.01. The maximum Gasteiger partial charge on any atom is 0.170 e. The third-order valence-electron chi connectivity index (χ3n) is 3.72. The molecule has 4 nitrogen and oxygen atoms in total. The van der Waals surface area contributed by atoms with Gasteiger partial charge in [0.05, 0.1) is 13.2 Å². The minimum atomic E-state index is -0.131. The number of aromatic hydroxyl groups is 1. The van der Waals surface area contributed by atoms with Crippen molar-refractivity contribution in [3.63, 3.8) is 0 Å². The standard InChI is InChI=1S/C19H30O4/c1-4-7-8-9-10-11-12-23-15-13-17(21)19(16(20)5-2)18(14-15)22-6-3/h13-14,21H,4-12H2,1-3H3. The highest BCUT2D eigenvalue weighted by Gasteiger charge is 2.18. The van der Waals surface area contributed by atoms with E-state index in [4.69, 9.17) is 9.47 Å². The zero-order valence-electron chi connectivity index (χ0n) is 14.7. The fourth-order valence-electron chi connectivity index (χ4n) is 2.46. The van der Waals surface area contributed by atoms with Crippen molar-refractivity contribution >= 4 is 5.78 Å². The van der Waals surface area contributed by atoms with E-state index in [1.54, 1.807) is 13.0 Å². The Kier molecular flexibility index (Phi) is 9.18. The summed E-state index contributed by atoms with van der Waals surface area (Å²) in [5.41, 5.74) is 0.251. The molecule has 0 heterocycles. The summed E-state index contributed by atoms with van der Waals surface area (Å²) in [4.78, 5) is 11.9. The van der Waals surface area contributed by atoms with Gasteiger partial charge in [0.1, 0.15) is 22.8 Å². The van der Waals surface area contributed by atoms with E-state index in [0.717, 1.165) is 12.8 Å². The third kappa shape index (κ3) is 6.51. The van der Waals surface area contributed by atoms with Gasteiger partial charge in [0.25, 0.3) is 0 Å². The third-order valence-corrected chi connectivity index (χ3v) is 3.72. The second-order valence-electron chi connectivity index (χ2n) is 5.64. The molecule has 0 aliphatic carbocycles. The first-order valence-corrected chi connectivity index (χ1v) is 8.79. The van der Waals surface area contributed by atoms with Crippen LogP contribution in [0, 0.1) is 0 Å². The van der Waals surface area contributed by atoms with Gasteiger partial charge in [0, 0.05) is 18.6 Å². The summed E-state index contributed by atoms with van der Waals surface area (Å²) >= 11 is 0. The molecular weight excluding hydrogens is 292 g/mol. The monoisotopic (exact) mass is 322 g/mol. The van der Waals surface area contributed by atoms with Gasteiger partial charge in [-0.1, -0.05) is 46.0 Å². The molecule has 130 valence electrons. The van der Waals surface area contributed by atoms with E-state index in [-0.39, 0.29) is 17.1 Å². The van der Waals surface area contributed by atoms with Gasteiger partial charge in [-0.15, -0.1) is 0 Å². The molecular formula is C19H30O4. The molecule has 23 heavy (non-hydrogen) atoms. The second-order valence-corrected chi connectivity index (χ2v) is 5.64. The van der Waals surface area contributed by atoms with Crippen molar-refractivity contribution in [2.45, 2.75) is 65.7 Å². The minimum absolute atomic E-state index is 0.0688. The molecule has 0 aliphatic rings. The first kappa shape index (κ1) is 19.3. The van der Waals surface area contributed by atoms with Crippen LogP contribution < -0.4 is 9.47 Å². The molecule has 0 saturated carbocycles. The van der Waals surface area contributed by atoms with Gasteiger partial charge >= 0.3 is 0 Å². The van der Waals surface area contributed by atoms with Crippen molar-refractivity contribution < 1.29 is 19.4 Å². The van der Waals surface area contributed by atoms with E-state index in [9.17, 15) is 9.90 Å². The topological polar surface area (TPSA) is 55.8 Å².